The van der Waals surface area contributed by atoms with E-state index in [4.69, 9.17) is 9.72 Å². The van der Waals surface area contributed by atoms with Crippen molar-refractivity contribution < 1.29 is 13.9 Å². The fourth-order valence-corrected chi connectivity index (χ4v) is 3.64. The van der Waals surface area contributed by atoms with Gasteiger partial charge in [-0.25, -0.2) is 9.37 Å². The fraction of sp³-hybridized carbons (Fsp3) is 0.231. The van der Waals surface area contributed by atoms with Gasteiger partial charge in [-0.15, -0.1) is 0 Å². The molecule has 164 valence electrons. The molecule has 0 saturated carbocycles. The second-order valence-corrected chi connectivity index (χ2v) is 7.73. The highest BCUT2D eigenvalue weighted by atomic mass is 19.1. The van der Waals surface area contributed by atoms with Crippen LogP contribution in [0.3, 0.4) is 0 Å². The van der Waals surface area contributed by atoms with Gasteiger partial charge < -0.3 is 14.6 Å². The van der Waals surface area contributed by atoms with Gasteiger partial charge in [0.2, 0.25) is 0 Å². The Morgan fingerprint density at radius 2 is 1.84 bits per heavy atom. The molecule has 0 aliphatic carbocycles. The molecule has 4 rings (SSSR count). The zero-order chi connectivity index (χ0) is 22.3. The Balaban J connectivity index is 1.37. The molecule has 4 aromatic rings. The number of unbranched alkanes of at least 4 members (excludes halogenated alkanes) is 1. The van der Waals surface area contributed by atoms with Crippen LogP contribution >= 0.6 is 0 Å². The fourth-order valence-electron chi connectivity index (χ4n) is 3.64. The van der Waals surface area contributed by atoms with Crippen molar-refractivity contribution in [1.29, 1.82) is 0 Å². The summed E-state index contributed by atoms with van der Waals surface area (Å²) in [6.45, 7) is 3.77. The Kier molecular flexibility index (Phi) is 6.80. The Morgan fingerprint density at radius 1 is 1.03 bits per heavy atom. The number of aromatic nitrogens is 2. The van der Waals surface area contributed by atoms with Crippen LogP contribution in [0, 0.1) is 12.7 Å². The first-order valence-electron chi connectivity index (χ1n) is 10.8. The molecule has 0 aliphatic rings. The number of aryl methyl sites for hydroxylation is 2. The summed E-state index contributed by atoms with van der Waals surface area (Å²) in [4.78, 5) is 17.1. The molecule has 1 heterocycles. The molecule has 0 spiro atoms. The van der Waals surface area contributed by atoms with Gasteiger partial charge in [0.25, 0.3) is 5.91 Å². The Morgan fingerprint density at radius 3 is 2.66 bits per heavy atom. The van der Waals surface area contributed by atoms with Gasteiger partial charge in [0.15, 0.2) is 0 Å². The van der Waals surface area contributed by atoms with Crippen molar-refractivity contribution in [3.8, 4) is 5.75 Å². The van der Waals surface area contributed by atoms with E-state index in [1.54, 1.807) is 0 Å². The minimum absolute atomic E-state index is 0.254. The zero-order valence-electron chi connectivity index (χ0n) is 18.1. The number of para-hydroxylation sites is 2. The van der Waals surface area contributed by atoms with Crippen LogP contribution < -0.4 is 10.1 Å². The standard InChI is InChI=1S/C26H26FN3O2/c1-19-7-6-8-22(17-19)32-16-5-4-15-30-24-10-3-2-9-23(24)29-25(30)18-28-26(31)20-11-13-21(27)14-12-20/h2-3,6-14,17H,4-5,15-16,18H2,1H3,(H,28,31). The molecule has 5 nitrogen and oxygen atoms in total. The van der Waals surface area contributed by atoms with Crippen LogP contribution in [0.1, 0.15) is 34.6 Å². The Labute approximate surface area is 186 Å². The van der Waals surface area contributed by atoms with E-state index in [0.29, 0.717) is 18.7 Å². The number of rotatable bonds is 9. The average Bonchev–Trinajstić information content (AvgIpc) is 3.15. The summed E-state index contributed by atoms with van der Waals surface area (Å²) in [6.07, 6.45) is 1.83. The predicted octanol–water partition coefficient (Wildman–Crippen LogP) is 5.27. The van der Waals surface area contributed by atoms with Crippen LogP contribution in [0.4, 0.5) is 4.39 Å². The maximum Gasteiger partial charge on any atom is 0.251 e. The van der Waals surface area contributed by atoms with Crippen molar-refractivity contribution in [2.75, 3.05) is 6.61 Å². The lowest BCUT2D eigenvalue weighted by molar-refractivity contribution is 0.0949. The maximum absolute atomic E-state index is 13.1. The van der Waals surface area contributed by atoms with Gasteiger partial charge in [-0.3, -0.25) is 4.79 Å². The lowest BCUT2D eigenvalue weighted by Crippen LogP contribution is -2.24. The first-order chi connectivity index (χ1) is 15.6. The largest absolute Gasteiger partial charge is 0.494 e. The lowest BCUT2D eigenvalue weighted by atomic mass is 10.2. The molecule has 1 amide bonds. The van der Waals surface area contributed by atoms with Gasteiger partial charge in [-0.1, -0.05) is 24.3 Å². The molecule has 32 heavy (non-hydrogen) atoms. The number of nitrogens with zero attached hydrogens (tertiary/aromatic N) is 2. The smallest absolute Gasteiger partial charge is 0.251 e. The number of nitrogens with one attached hydrogen (secondary N) is 1. The number of carbonyl (C=O) groups is 1. The zero-order valence-corrected chi connectivity index (χ0v) is 18.1. The third-order valence-electron chi connectivity index (χ3n) is 5.28. The molecular weight excluding hydrogens is 405 g/mol. The number of hydrogen-bond acceptors (Lipinski definition) is 3. The van der Waals surface area contributed by atoms with E-state index in [1.165, 1.54) is 29.8 Å². The maximum atomic E-state index is 13.1. The first kappa shape index (κ1) is 21.6. The van der Waals surface area contributed by atoms with Crippen LogP contribution in [-0.2, 0) is 13.1 Å². The normalized spacial score (nSPS) is 10.9. The molecular formula is C26H26FN3O2. The van der Waals surface area contributed by atoms with Crippen molar-refractivity contribution in [3.05, 3.63) is 95.6 Å². The van der Waals surface area contributed by atoms with Gasteiger partial charge >= 0.3 is 0 Å². The molecule has 0 aliphatic heterocycles. The summed E-state index contributed by atoms with van der Waals surface area (Å²) in [6, 6.07) is 21.5. The summed E-state index contributed by atoms with van der Waals surface area (Å²) in [5.74, 6) is 1.06. The summed E-state index contributed by atoms with van der Waals surface area (Å²) in [7, 11) is 0. The quantitative estimate of drug-likeness (QED) is 0.367. The van der Waals surface area contributed by atoms with Gasteiger partial charge in [-0.05, 0) is 73.9 Å². The van der Waals surface area contributed by atoms with E-state index in [-0.39, 0.29) is 11.7 Å². The predicted molar refractivity (Wildman–Crippen MR) is 123 cm³/mol. The van der Waals surface area contributed by atoms with Crippen molar-refractivity contribution in [1.82, 2.24) is 14.9 Å². The van der Waals surface area contributed by atoms with E-state index in [0.717, 1.165) is 42.0 Å². The highest BCUT2D eigenvalue weighted by Gasteiger charge is 2.12. The van der Waals surface area contributed by atoms with Crippen LogP contribution in [0.25, 0.3) is 11.0 Å². The van der Waals surface area contributed by atoms with Crippen LogP contribution in [0.15, 0.2) is 72.8 Å². The highest BCUT2D eigenvalue weighted by molar-refractivity contribution is 5.94. The number of carbonyl (C=O) groups excluding carboxylic acids is 1. The van der Waals surface area contributed by atoms with E-state index in [1.807, 2.05) is 55.5 Å². The van der Waals surface area contributed by atoms with Gasteiger partial charge in [0, 0.05) is 12.1 Å². The number of halogens is 1. The SMILES string of the molecule is Cc1cccc(OCCCCn2c(CNC(=O)c3ccc(F)cc3)nc3ccccc32)c1. The van der Waals surface area contributed by atoms with Crippen LogP contribution in [0.2, 0.25) is 0 Å². The summed E-state index contributed by atoms with van der Waals surface area (Å²) in [5.41, 5.74) is 3.54. The third kappa shape index (κ3) is 5.32. The molecule has 1 aromatic heterocycles. The second-order valence-electron chi connectivity index (χ2n) is 7.73. The van der Waals surface area contributed by atoms with Crippen molar-refractivity contribution in [2.45, 2.75) is 32.9 Å². The second kappa shape index (κ2) is 10.1. The Hall–Kier alpha value is -3.67. The van der Waals surface area contributed by atoms with E-state index in [2.05, 4.69) is 9.88 Å². The summed E-state index contributed by atoms with van der Waals surface area (Å²) >= 11 is 0. The molecule has 1 N–H and O–H groups in total. The number of benzene rings is 3. The highest BCUT2D eigenvalue weighted by Crippen LogP contribution is 2.18. The van der Waals surface area contributed by atoms with Crippen LogP contribution in [-0.4, -0.2) is 22.1 Å². The van der Waals surface area contributed by atoms with Crippen molar-refractivity contribution in [2.24, 2.45) is 0 Å². The monoisotopic (exact) mass is 431 g/mol. The van der Waals surface area contributed by atoms with Gasteiger partial charge in [0.1, 0.15) is 17.4 Å². The topological polar surface area (TPSA) is 56.1 Å². The molecule has 0 bridgehead atoms. The number of imidazole rings is 1. The van der Waals surface area contributed by atoms with Gasteiger partial charge in [-0.2, -0.15) is 0 Å². The minimum Gasteiger partial charge on any atom is -0.494 e. The molecule has 6 heteroatoms. The van der Waals surface area contributed by atoms with Gasteiger partial charge in [0.05, 0.1) is 24.2 Å². The van der Waals surface area contributed by atoms with Crippen molar-refractivity contribution in [3.63, 3.8) is 0 Å². The number of fused-ring (bicyclic) bond motifs is 1. The summed E-state index contributed by atoms with van der Waals surface area (Å²) in [5, 5.41) is 2.90. The molecule has 0 radical (unpaired) electrons. The molecule has 0 fully saturated rings. The minimum atomic E-state index is -0.366. The number of ether oxygens (including phenoxy) is 1. The van der Waals surface area contributed by atoms with E-state index in [9.17, 15) is 9.18 Å². The van der Waals surface area contributed by atoms with E-state index < -0.39 is 0 Å². The van der Waals surface area contributed by atoms with Crippen molar-refractivity contribution >= 4 is 16.9 Å². The average molecular weight is 432 g/mol. The van der Waals surface area contributed by atoms with Crippen LogP contribution in [0.5, 0.6) is 5.75 Å². The summed E-state index contributed by atoms with van der Waals surface area (Å²) < 4.78 is 21.1. The lowest BCUT2D eigenvalue weighted by Gasteiger charge is -2.11. The third-order valence-corrected chi connectivity index (χ3v) is 5.28. The first-order valence-corrected chi connectivity index (χ1v) is 10.8. The molecule has 0 saturated heterocycles. The molecule has 3 aromatic carbocycles. The number of amides is 1. The van der Waals surface area contributed by atoms with E-state index >= 15 is 0 Å². The molecule has 0 unspecified atom stereocenters. The molecule has 0 atom stereocenters. The Bertz CT molecular complexity index is 1200. The number of hydrogen-bond donors (Lipinski definition) is 1.